The first-order valence-corrected chi connectivity index (χ1v) is 14.1. The predicted molar refractivity (Wildman–Crippen MR) is 163 cm³/mol. The van der Waals surface area contributed by atoms with Gasteiger partial charge < -0.3 is 19.7 Å². The van der Waals surface area contributed by atoms with Gasteiger partial charge in [0, 0.05) is 29.2 Å². The molecule has 0 spiro atoms. The number of nitrogens with zero attached hydrogens (tertiary/aromatic N) is 3. The zero-order valence-electron chi connectivity index (χ0n) is 23.6. The Labute approximate surface area is 250 Å². The Morgan fingerprint density at radius 3 is 2.56 bits per heavy atom. The van der Waals surface area contributed by atoms with Crippen LogP contribution in [-0.4, -0.2) is 66.5 Å². The fourth-order valence-electron chi connectivity index (χ4n) is 4.72. The summed E-state index contributed by atoms with van der Waals surface area (Å²) in [5.41, 5.74) is 2.06. The molecule has 2 aliphatic rings. The van der Waals surface area contributed by atoms with E-state index in [9.17, 15) is 9.59 Å². The molecule has 1 fully saturated rings. The molecular formula is C31H34Cl2N4O4. The van der Waals surface area contributed by atoms with E-state index < -0.39 is 12.1 Å². The number of halogens is 2. The summed E-state index contributed by atoms with van der Waals surface area (Å²) in [5, 5.41) is 3.90. The molecule has 4 rings (SSSR count). The maximum Gasteiger partial charge on any atom is 0.326 e. The molecule has 216 valence electrons. The van der Waals surface area contributed by atoms with Gasteiger partial charge in [0.2, 0.25) is 5.91 Å². The third-order valence-electron chi connectivity index (χ3n) is 6.70. The average Bonchev–Trinajstić information content (AvgIpc) is 3.35. The first-order valence-electron chi connectivity index (χ1n) is 13.3. The summed E-state index contributed by atoms with van der Waals surface area (Å²) in [4.78, 5) is 34.9. The summed E-state index contributed by atoms with van der Waals surface area (Å²) in [6.07, 6.45) is 5.17. The number of piperazine rings is 1. The lowest BCUT2D eigenvalue weighted by atomic mass is 9.94. The number of carbonyl (C=O) groups excluding carboxylic acids is 2. The zero-order chi connectivity index (χ0) is 29.7. The van der Waals surface area contributed by atoms with Gasteiger partial charge in [0.1, 0.15) is 29.9 Å². The number of aliphatic imine (C=N–C) groups is 1. The van der Waals surface area contributed by atoms with Crippen LogP contribution in [-0.2, 0) is 4.79 Å². The van der Waals surface area contributed by atoms with E-state index in [0.29, 0.717) is 51.6 Å². The van der Waals surface area contributed by atoms with Crippen molar-refractivity contribution in [3.63, 3.8) is 0 Å². The highest BCUT2D eigenvalue weighted by molar-refractivity contribution is 6.31. The molecule has 10 heteroatoms. The molecule has 0 aliphatic carbocycles. The Hall–Kier alpha value is -3.75. The normalized spacial score (nSPS) is 19.4. The molecular weight excluding hydrogens is 563 g/mol. The molecule has 0 saturated carbocycles. The summed E-state index contributed by atoms with van der Waals surface area (Å²) >= 11 is 12.5. The van der Waals surface area contributed by atoms with Crippen LogP contribution in [0.2, 0.25) is 5.02 Å². The molecule has 1 saturated heterocycles. The van der Waals surface area contributed by atoms with Crippen molar-refractivity contribution in [1.82, 2.24) is 15.1 Å². The van der Waals surface area contributed by atoms with Crippen LogP contribution in [0.3, 0.4) is 0 Å². The third-order valence-corrected chi connectivity index (χ3v) is 7.29. The molecule has 2 aromatic rings. The summed E-state index contributed by atoms with van der Waals surface area (Å²) < 4.78 is 11.6. The molecule has 1 N–H and O–H groups in total. The minimum atomic E-state index is -0.588. The molecule has 0 bridgehead atoms. The van der Waals surface area contributed by atoms with Gasteiger partial charge in [-0.15, -0.1) is 0 Å². The highest BCUT2D eigenvalue weighted by Gasteiger charge is 2.45. The van der Waals surface area contributed by atoms with Crippen LogP contribution in [0.15, 0.2) is 82.9 Å². The number of hydrogen-bond acceptors (Lipinski definition) is 5. The van der Waals surface area contributed by atoms with Crippen LogP contribution in [0.25, 0.3) is 0 Å². The maximum atomic E-state index is 14.3. The molecule has 41 heavy (non-hydrogen) atoms. The lowest BCUT2D eigenvalue weighted by molar-refractivity contribution is -0.123. The Morgan fingerprint density at radius 1 is 1.20 bits per heavy atom. The average molecular weight is 598 g/mol. The van der Waals surface area contributed by atoms with Crippen LogP contribution in [0.4, 0.5) is 4.79 Å². The summed E-state index contributed by atoms with van der Waals surface area (Å²) in [6, 6.07) is 11.2. The van der Waals surface area contributed by atoms with Crippen LogP contribution < -0.4 is 14.8 Å². The molecule has 3 amide bonds. The van der Waals surface area contributed by atoms with Crippen LogP contribution >= 0.6 is 23.2 Å². The van der Waals surface area contributed by atoms with Gasteiger partial charge in [-0.3, -0.25) is 14.7 Å². The van der Waals surface area contributed by atoms with Gasteiger partial charge in [-0.1, -0.05) is 54.1 Å². The second-order valence-corrected chi connectivity index (χ2v) is 10.8. The van der Waals surface area contributed by atoms with Gasteiger partial charge in [-0.2, -0.15) is 0 Å². The second-order valence-electron chi connectivity index (χ2n) is 9.93. The predicted octanol–water partition coefficient (Wildman–Crippen LogP) is 6.11. The SMILES string of the molecule is C=C(/C=C\C(Cl)=C/C)[C@@H]1N=C(c2ccc(OC)cc2OC(C)C)N(C(=O)N2CCNC(=O)C2)[C@@H]1c1ccc(Cl)cc1. The van der Waals surface area contributed by atoms with Crippen molar-refractivity contribution >= 4 is 41.0 Å². The smallest absolute Gasteiger partial charge is 0.326 e. The Morgan fingerprint density at radius 2 is 1.93 bits per heavy atom. The molecule has 2 heterocycles. The largest absolute Gasteiger partial charge is 0.497 e. The van der Waals surface area contributed by atoms with Gasteiger partial charge in [0.05, 0.1) is 24.8 Å². The number of benzene rings is 2. The minimum absolute atomic E-state index is 0.0592. The van der Waals surface area contributed by atoms with Crippen molar-refractivity contribution in [2.45, 2.75) is 39.0 Å². The van der Waals surface area contributed by atoms with Crippen molar-refractivity contribution in [2.24, 2.45) is 4.99 Å². The van der Waals surface area contributed by atoms with Crippen LogP contribution in [0, 0.1) is 0 Å². The summed E-state index contributed by atoms with van der Waals surface area (Å²) in [6.45, 7) is 10.7. The molecule has 0 unspecified atom stereocenters. The number of ether oxygens (including phenoxy) is 2. The first kappa shape index (κ1) is 30.2. The number of allylic oxidation sites excluding steroid dienone is 3. The maximum absolute atomic E-state index is 14.3. The van der Waals surface area contributed by atoms with Crippen LogP contribution in [0.5, 0.6) is 11.5 Å². The lowest BCUT2D eigenvalue weighted by Gasteiger charge is -2.36. The monoisotopic (exact) mass is 596 g/mol. The highest BCUT2D eigenvalue weighted by Crippen LogP contribution is 2.41. The quantitative estimate of drug-likeness (QED) is 0.372. The summed E-state index contributed by atoms with van der Waals surface area (Å²) in [7, 11) is 1.58. The second kappa shape index (κ2) is 13.3. The Balaban J connectivity index is 1.92. The van der Waals surface area contributed by atoms with Gasteiger partial charge in [0.15, 0.2) is 0 Å². The van der Waals surface area contributed by atoms with Gasteiger partial charge in [-0.05, 0) is 62.2 Å². The number of amidine groups is 1. The number of methoxy groups -OCH3 is 1. The van der Waals surface area contributed by atoms with E-state index in [1.165, 1.54) is 4.90 Å². The molecule has 2 atom stereocenters. The van der Waals surface area contributed by atoms with E-state index in [-0.39, 0.29) is 24.6 Å². The molecule has 8 nitrogen and oxygen atoms in total. The summed E-state index contributed by atoms with van der Waals surface area (Å²) in [5.74, 6) is 1.30. The first-order chi connectivity index (χ1) is 19.6. The molecule has 2 aliphatic heterocycles. The number of hydrogen-bond donors (Lipinski definition) is 1. The Kier molecular flexibility index (Phi) is 9.78. The van der Waals surface area contributed by atoms with Crippen molar-refractivity contribution in [3.05, 3.63) is 94.0 Å². The van der Waals surface area contributed by atoms with Gasteiger partial charge in [-0.25, -0.2) is 4.79 Å². The van der Waals surface area contributed by atoms with Crippen molar-refractivity contribution in [1.29, 1.82) is 0 Å². The number of amides is 3. The number of nitrogens with one attached hydrogen (secondary N) is 1. The fraction of sp³-hybridized carbons (Fsp3) is 0.323. The molecule has 2 aromatic carbocycles. The van der Waals surface area contributed by atoms with Gasteiger partial charge >= 0.3 is 6.03 Å². The van der Waals surface area contributed by atoms with Crippen molar-refractivity contribution in [2.75, 3.05) is 26.7 Å². The Bertz CT molecular complexity index is 1400. The molecule has 0 aromatic heterocycles. The van der Waals surface area contributed by atoms with Crippen molar-refractivity contribution in [3.8, 4) is 11.5 Å². The number of carbonyl (C=O) groups is 2. The van der Waals surface area contributed by atoms with Crippen LogP contribution in [0.1, 0.15) is 37.9 Å². The molecule has 0 radical (unpaired) electrons. The third kappa shape index (κ3) is 6.94. The number of urea groups is 1. The zero-order valence-corrected chi connectivity index (χ0v) is 25.1. The van der Waals surface area contributed by atoms with E-state index in [1.807, 2.05) is 39.0 Å². The standard InChI is InChI=1S/C31H34Cl2N4O4/c1-6-22(32)10-7-20(4)28-29(21-8-11-23(33)12-9-21)37(31(39)36-16-15-34-27(38)18-36)30(35-28)25-14-13-24(40-5)17-26(25)41-19(2)3/h6-14,17,19,28-29H,4,15-16,18H2,1-3,5H3,(H,34,38)/b10-7-,22-6+/t28-,29+/m0/s1. The topological polar surface area (TPSA) is 83.5 Å². The van der Waals surface area contributed by atoms with E-state index in [1.54, 1.807) is 54.5 Å². The van der Waals surface area contributed by atoms with E-state index >= 15 is 0 Å². The van der Waals surface area contributed by atoms with E-state index in [4.69, 9.17) is 37.7 Å². The fourth-order valence-corrected chi connectivity index (χ4v) is 4.91. The lowest BCUT2D eigenvalue weighted by Crippen LogP contribution is -2.55. The number of rotatable bonds is 8. The van der Waals surface area contributed by atoms with E-state index in [0.717, 1.165) is 5.56 Å². The highest BCUT2D eigenvalue weighted by atomic mass is 35.5. The minimum Gasteiger partial charge on any atom is -0.497 e. The van der Waals surface area contributed by atoms with Crippen molar-refractivity contribution < 1.29 is 19.1 Å². The van der Waals surface area contributed by atoms with E-state index in [2.05, 4.69) is 11.9 Å². The van der Waals surface area contributed by atoms with Gasteiger partial charge in [0.25, 0.3) is 0 Å².